The molecule has 0 fully saturated rings. The molecular formula is C11H16ClN3O. The van der Waals surface area contributed by atoms with Crippen molar-refractivity contribution in [2.45, 2.75) is 25.9 Å². The monoisotopic (exact) mass is 241 g/mol. The Labute approximate surface area is 100 Å². The Kier molecular flexibility index (Phi) is 4.58. The van der Waals surface area contributed by atoms with Gasteiger partial charge in [-0.3, -0.25) is 0 Å². The zero-order chi connectivity index (χ0) is 12.1. The molecule has 0 amide bonds. The van der Waals surface area contributed by atoms with Crippen LogP contribution in [0.1, 0.15) is 25.5 Å². The molecule has 0 bridgehead atoms. The molecule has 0 aliphatic rings. The summed E-state index contributed by atoms with van der Waals surface area (Å²) in [6, 6.07) is 7.40. The average molecular weight is 242 g/mol. The molecule has 0 aliphatic carbocycles. The molecule has 0 aliphatic heterocycles. The zero-order valence-corrected chi connectivity index (χ0v) is 10.1. The van der Waals surface area contributed by atoms with Crippen LogP contribution < -0.4 is 11.1 Å². The summed E-state index contributed by atoms with van der Waals surface area (Å²) in [6.07, 6.45) is 0. The molecule has 0 heterocycles. The quantitative estimate of drug-likeness (QED) is 0.327. The van der Waals surface area contributed by atoms with Crippen LogP contribution >= 0.6 is 11.6 Å². The smallest absolute Gasteiger partial charge is 0.156 e. The molecule has 16 heavy (non-hydrogen) atoms. The summed E-state index contributed by atoms with van der Waals surface area (Å²) in [6.45, 7) is 3.80. The van der Waals surface area contributed by atoms with E-state index in [4.69, 9.17) is 22.5 Å². The Morgan fingerprint density at radius 1 is 1.44 bits per heavy atom. The molecule has 1 rings (SSSR count). The van der Waals surface area contributed by atoms with Gasteiger partial charge in [0.05, 0.1) is 6.04 Å². The first-order chi connectivity index (χ1) is 7.56. The number of nitrogens with zero attached hydrogens (tertiary/aromatic N) is 1. The van der Waals surface area contributed by atoms with E-state index in [2.05, 4.69) is 10.5 Å². The zero-order valence-electron chi connectivity index (χ0n) is 9.31. The van der Waals surface area contributed by atoms with Gasteiger partial charge in [0.15, 0.2) is 5.84 Å². The third-order valence-corrected chi connectivity index (χ3v) is 2.78. The van der Waals surface area contributed by atoms with Crippen LogP contribution in [0.4, 0.5) is 0 Å². The molecule has 88 valence electrons. The van der Waals surface area contributed by atoms with Crippen LogP contribution in [0.25, 0.3) is 0 Å². The molecule has 0 radical (unpaired) electrons. The Morgan fingerprint density at radius 3 is 2.62 bits per heavy atom. The molecule has 4 N–H and O–H groups in total. The van der Waals surface area contributed by atoms with Crippen molar-refractivity contribution in [2.75, 3.05) is 0 Å². The van der Waals surface area contributed by atoms with Gasteiger partial charge in [-0.2, -0.15) is 0 Å². The highest BCUT2D eigenvalue weighted by Crippen LogP contribution is 2.22. The molecular weight excluding hydrogens is 226 g/mol. The summed E-state index contributed by atoms with van der Waals surface area (Å²) in [7, 11) is 0. The van der Waals surface area contributed by atoms with Crippen LogP contribution in [0.3, 0.4) is 0 Å². The third kappa shape index (κ3) is 3.12. The van der Waals surface area contributed by atoms with Crippen molar-refractivity contribution in [3.63, 3.8) is 0 Å². The number of nitrogens with two attached hydrogens (primary N) is 1. The van der Waals surface area contributed by atoms with Crippen LogP contribution in [0.5, 0.6) is 0 Å². The predicted octanol–water partition coefficient (Wildman–Crippen LogP) is 2.13. The summed E-state index contributed by atoms with van der Waals surface area (Å²) >= 11 is 6.07. The van der Waals surface area contributed by atoms with Gasteiger partial charge in [-0.25, -0.2) is 0 Å². The van der Waals surface area contributed by atoms with Crippen LogP contribution in [-0.4, -0.2) is 17.1 Å². The minimum absolute atomic E-state index is 0.0315. The van der Waals surface area contributed by atoms with Gasteiger partial charge in [0.2, 0.25) is 0 Å². The van der Waals surface area contributed by atoms with Gasteiger partial charge in [0, 0.05) is 11.1 Å². The number of amidine groups is 1. The number of benzene rings is 1. The maximum absolute atomic E-state index is 8.54. The second-order valence-corrected chi connectivity index (χ2v) is 4.06. The molecule has 4 nitrogen and oxygen atoms in total. The van der Waals surface area contributed by atoms with E-state index in [1.165, 1.54) is 0 Å². The van der Waals surface area contributed by atoms with Crippen molar-refractivity contribution in [2.24, 2.45) is 10.9 Å². The van der Waals surface area contributed by atoms with Crippen molar-refractivity contribution in [1.82, 2.24) is 5.32 Å². The topological polar surface area (TPSA) is 70.6 Å². The number of rotatable bonds is 4. The van der Waals surface area contributed by atoms with Crippen molar-refractivity contribution in [1.29, 1.82) is 0 Å². The highest BCUT2D eigenvalue weighted by molar-refractivity contribution is 6.31. The number of halogens is 1. The van der Waals surface area contributed by atoms with Crippen molar-refractivity contribution < 1.29 is 5.21 Å². The Hall–Kier alpha value is -1.26. The number of nitrogens with one attached hydrogen (secondary N) is 1. The Balaban J connectivity index is 2.73. The first-order valence-corrected chi connectivity index (χ1v) is 5.42. The number of hydrogen-bond donors (Lipinski definition) is 3. The largest absolute Gasteiger partial charge is 0.409 e. The molecule has 0 spiro atoms. The summed E-state index contributed by atoms with van der Waals surface area (Å²) in [4.78, 5) is 0. The lowest BCUT2D eigenvalue weighted by Crippen LogP contribution is -2.40. The third-order valence-electron chi connectivity index (χ3n) is 2.43. The van der Waals surface area contributed by atoms with Gasteiger partial charge in [-0.1, -0.05) is 35.0 Å². The maximum atomic E-state index is 8.54. The predicted molar refractivity (Wildman–Crippen MR) is 65.9 cm³/mol. The van der Waals surface area contributed by atoms with E-state index in [0.29, 0.717) is 5.02 Å². The van der Waals surface area contributed by atoms with Gasteiger partial charge >= 0.3 is 0 Å². The van der Waals surface area contributed by atoms with Gasteiger partial charge in [-0.15, -0.1) is 0 Å². The van der Waals surface area contributed by atoms with Gasteiger partial charge in [-0.05, 0) is 25.5 Å². The number of hydrogen-bond acceptors (Lipinski definition) is 3. The highest BCUT2D eigenvalue weighted by atomic mass is 35.5. The number of oxime groups is 1. The van der Waals surface area contributed by atoms with Crippen molar-refractivity contribution in [3.05, 3.63) is 34.9 Å². The van der Waals surface area contributed by atoms with Crippen molar-refractivity contribution in [3.8, 4) is 0 Å². The fourth-order valence-corrected chi connectivity index (χ4v) is 1.76. The van der Waals surface area contributed by atoms with Crippen LogP contribution in [-0.2, 0) is 0 Å². The van der Waals surface area contributed by atoms with Gasteiger partial charge < -0.3 is 16.3 Å². The summed E-state index contributed by atoms with van der Waals surface area (Å²) in [5.41, 5.74) is 6.47. The van der Waals surface area contributed by atoms with E-state index in [1.54, 1.807) is 0 Å². The highest BCUT2D eigenvalue weighted by Gasteiger charge is 2.14. The first kappa shape index (κ1) is 12.8. The van der Waals surface area contributed by atoms with E-state index >= 15 is 0 Å². The summed E-state index contributed by atoms with van der Waals surface area (Å²) in [5.74, 6) is 0.152. The van der Waals surface area contributed by atoms with E-state index in [0.717, 1.165) is 5.56 Å². The second-order valence-electron chi connectivity index (χ2n) is 3.66. The lowest BCUT2D eigenvalue weighted by atomic mass is 10.1. The lowest BCUT2D eigenvalue weighted by molar-refractivity contribution is 0.314. The Bertz CT molecular complexity index is 381. The van der Waals surface area contributed by atoms with Gasteiger partial charge in [0.1, 0.15) is 0 Å². The van der Waals surface area contributed by atoms with Crippen molar-refractivity contribution >= 4 is 17.4 Å². The normalized spacial score (nSPS) is 15.8. The van der Waals surface area contributed by atoms with Crippen LogP contribution in [0.2, 0.25) is 5.02 Å². The molecule has 2 unspecified atom stereocenters. The second kappa shape index (κ2) is 5.72. The minimum atomic E-state index is -0.212. The molecule has 5 heteroatoms. The Morgan fingerprint density at radius 2 is 2.06 bits per heavy atom. The standard InChI is InChI=1S/C11H16ClN3O/c1-7(14-8(2)11(13)15-16)9-5-3-4-6-10(9)12/h3-8,14,16H,1-2H3,(H2,13,15). The SMILES string of the molecule is CC(NC(C)c1ccccc1Cl)C(N)=NO. The van der Waals surface area contributed by atoms with Crippen LogP contribution in [0.15, 0.2) is 29.4 Å². The van der Waals surface area contributed by atoms with Gasteiger partial charge in [0.25, 0.3) is 0 Å². The van der Waals surface area contributed by atoms with E-state index < -0.39 is 0 Å². The average Bonchev–Trinajstić information content (AvgIpc) is 2.28. The molecule has 0 aromatic heterocycles. The van der Waals surface area contributed by atoms with E-state index in [-0.39, 0.29) is 17.9 Å². The van der Waals surface area contributed by atoms with Crippen LogP contribution in [0, 0.1) is 0 Å². The first-order valence-electron chi connectivity index (χ1n) is 5.04. The molecule has 0 saturated carbocycles. The summed E-state index contributed by atoms with van der Waals surface area (Å²) < 4.78 is 0. The summed E-state index contributed by atoms with van der Waals surface area (Å²) in [5, 5.41) is 15.4. The molecule has 1 aromatic carbocycles. The maximum Gasteiger partial charge on any atom is 0.156 e. The fraction of sp³-hybridized carbons (Fsp3) is 0.364. The molecule has 2 atom stereocenters. The molecule has 1 aromatic rings. The lowest BCUT2D eigenvalue weighted by Gasteiger charge is -2.20. The molecule has 0 saturated heterocycles. The fourth-order valence-electron chi connectivity index (χ4n) is 1.46. The van der Waals surface area contributed by atoms with E-state index in [1.807, 2.05) is 38.1 Å². The van der Waals surface area contributed by atoms with E-state index in [9.17, 15) is 0 Å². The minimum Gasteiger partial charge on any atom is -0.409 e.